The summed E-state index contributed by atoms with van der Waals surface area (Å²) < 4.78 is 0. The first-order chi connectivity index (χ1) is 11.7. The van der Waals surface area contributed by atoms with Crippen molar-refractivity contribution in [2.75, 3.05) is 26.2 Å². The highest BCUT2D eigenvalue weighted by Crippen LogP contribution is 2.34. The van der Waals surface area contributed by atoms with Gasteiger partial charge in [-0.15, -0.1) is 0 Å². The van der Waals surface area contributed by atoms with Gasteiger partial charge in [0.1, 0.15) is 0 Å². The molecule has 0 fully saturated rings. The monoisotopic (exact) mass is 356 g/mol. The predicted molar refractivity (Wildman–Crippen MR) is 113 cm³/mol. The zero-order valence-electron chi connectivity index (χ0n) is 18.5. The molecule has 0 heterocycles. The lowest BCUT2D eigenvalue weighted by Gasteiger charge is -2.36. The quantitative estimate of drug-likeness (QED) is 0.342. The summed E-state index contributed by atoms with van der Waals surface area (Å²) in [6, 6.07) is 2.26. The van der Waals surface area contributed by atoms with Crippen molar-refractivity contribution in [1.82, 2.24) is 21.3 Å². The average molecular weight is 357 g/mol. The lowest BCUT2D eigenvalue weighted by atomic mass is 9.74. The number of nitrogens with one attached hydrogen (secondary N) is 4. The lowest BCUT2D eigenvalue weighted by Crippen LogP contribution is -2.39. The van der Waals surface area contributed by atoms with Crippen molar-refractivity contribution in [3.63, 3.8) is 0 Å². The van der Waals surface area contributed by atoms with E-state index < -0.39 is 0 Å². The Bertz CT molecular complexity index is 239. The maximum atomic E-state index is 3.64. The van der Waals surface area contributed by atoms with Crippen molar-refractivity contribution in [1.29, 1.82) is 0 Å². The van der Waals surface area contributed by atoms with Gasteiger partial charge >= 0.3 is 0 Å². The van der Waals surface area contributed by atoms with E-state index >= 15 is 0 Å². The van der Waals surface area contributed by atoms with Gasteiger partial charge in [0.05, 0.1) is 0 Å². The molecule has 0 aromatic carbocycles. The topological polar surface area (TPSA) is 48.1 Å². The zero-order valence-corrected chi connectivity index (χ0v) is 18.5. The third-order valence-electron chi connectivity index (χ3n) is 4.83. The van der Waals surface area contributed by atoms with Crippen molar-refractivity contribution in [3.8, 4) is 0 Å². The molecular weight excluding hydrogens is 308 g/mol. The number of rotatable bonds is 16. The van der Waals surface area contributed by atoms with Crippen LogP contribution in [-0.2, 0) is 0 Å². The maximum absolute atomic E-state index is 3.64. The molecule has 4 N–H and O–H groups in total. The van der Waals surface area contributed by atoms with E-state index in [0.717, 1.165) is 26.2 Å². The van der Waals surface area contributed by atoms with Crippen LogP contribution in [-0.4, -0.2) is 50.3 Å². The Morgan fingerprint density at radius 3 is 0.800 bits per heavy atom. The van der Waals surface area contributed by atoms with Crippen LogP contribution in [0.3, 0.4) is 0 Å². The number of hydrogen-bond acceptors (Lipinski definition) is 4. The molecule has 0 amide bonds. The molecule has 152 valence electrons. The van der Waals surface area contributed by atoms with E-state index in [0.29, 0.717) is 29.6 Å². The SMILES string of the molecule is CC(C)NCCC(CCNC(C)C)(CCNC(C)C)CCNC(C)C. The summed E-state index contributed by atoms with van der Waals surface area (Å²) in [5.41, 5.74) is 0.396. The van der Waals surface area contributed by atoms with Gasteiger partial charge < -0.3 is 21.3 Å². The molecule has 0 saturated heterocycles. The minimum atomic E-state index is 0.396. The van der Waals surface area contributed by atoms with Gasteiger partial charge in [-0.25, -0.2) is 0 Å². The number of hydrogen-bond donors (Lipinski definition) is 4. The summed E-state index contributed by atoms with van der Waals surface area (Å²) in [4.78, 5) is 0. The Balaban J connectivity index is 4.85. The van der Waals surface area contributed by atoms with Crippen molar-refractivity contribution >= 4 is 0 Å². The second-order valence-electron chi connectivity index (χ2n) is 8.94. The van der Waals surface area contributed by atoms with Gasteiger partial charge in [-0.05, 0) is 57.3 Å². The van der Waals surface area contributed by atoms with E-state index in [1.54, 1.807) is 0 Å². The molecule has 0 aliphatic rings. The second-order valence-corrected chi connectivity index (χ2v) is 8.94. The van der Waals surface area contributed by atoms with Crippen LogP contribution in [0.1, 0.15) is 81.1 Å². The maximum Gasteiger partial charge on any atom is 0.00103 e. The highest BCUT2D eigenvalue weighted by molar-refractivity contribution is 4.84. The second kappa shape index (κ2) is 14.0. The van der Waals surface area contributed by atoms with Crippen molar-refractivity contribution in [3.05, 3.63) is 0 Å². The summed E-state index contributed by atoms with van der Waals surface area (Å²) in [6.45, 7) is 22.4. The first-order valence-corrected chi connectivity index (χ1v) is 10.6. The van der Waals surface area contributed by atoms with E-state index in [2.05, 4.69) is 76.7 Å². The van der Waals surface area contributed by atoms with Gasteiger partial charge in [0.25, 0.3) is 0 Å². The molecule has 0 rings (SSSR count). The molecule has 0 aliphatic heterocycles. The Hall–Kier alpha value is -0.160. The summed E-state index contributed by atoms with van der Waals surface area (Å²) in [5, 5.41) is 14.5. The summed E-state index contributed by atoms with van der Waals surface area (Å²) in [7, 11) is 0. The fraction of sp³-hybridized carbons (Fsp3) is 1.00. The average Bonchev–Trinajstić information content (AvgIpc) is 2.45. The van der Waals surface area contributed by atoms with E-state index in [4.69, 9.17) is 0 Å². The fourth-order valence-electron chi connectivity index (χ4n) is 3.25. The van der Waals surface area contributed by atoms with Crippen LogP contribution in [0.4, 0.5) is 0 Å². The third-order valence-corrected chi connectivity index (χ3v) is 4.83. The van der Waals surface area contributed by atoms with Crippen LogP contribution in [0.25, 0.3) is 0 Å². The Morgan fingerprint density at radius 2 is 0.640 bits per heavy atom. The summed E-state index contributed by atoms with van der Waals surface area (Å²) in [6.07, 6.45) is 5.02. The Labute approximate surface area is 158 Å². The molecule has 0 saturated carbocycles. The molecular formula is C21H48N4. The predicted octanol–water partition coefficient (Wildman–Crippen LogP) is 3.53. The first kappa shape index (κ1) is 24.8. The van der Waals surface area contributed by atoms with E-state index in [1.165, 1.54) is 25.7 Å². The molecule has 0 atom stereocenters. The molecule has 4 heteroatoms. The van der Waals surface area contributed by atoms with Crippen LogP contribution >= 0.6 is 0 Å². The molecule has 4 nitrogen and oxygen atoms in total. The smallest absolute Gasteiger partial charge is 0.00103 e. The molecule has 0 aromatic heterocycles. The summed E-state index contributed by atoms with van der Waals surface area (Å²) in [5.74, 6) is 0. The molecule has 0 aromatic rings. The molecule has 0 radical (unpaired) electrons. The molecule has 25 heavy (non-hydrogen) atoms. The van der Waals surface area contributed by atoms with Gasteiger partial charge in [-0.2, -0.15) is 0 Å². The van der Waals surface area contributed by atoms with Gasteiger partial charge in [0.15, 0.2) is 0 Å². The normalized spacial score (nSPS) is 13.0. The standard InChI is InChI=1S/C21H48N4/c1-17(2)22-13-9-21(10-14-23-18(3)4,11-15-24-19(5)6)12-16-25-20(7)8/h17-20,22-25H,9-16H2,1-8H3. The van der Waals surface area contributed by atoms with Crippen molar-refractivity contribution in [2.24, 2.45) is 5.41 Å². The lowest BCUT2D eigenvalue weighted by molar-refractivity contribution is 0.186. The molecule has 0 unspecified atom stereocenters. The van der Waals surface area contributed by atoms with Gasteiger partial charge in [-0.3, -0.25) is 0 Å². The molecule has 0 aliphatic carbocycles. The van der Waals surface area contributed by atoms with E-state index in [1.807, 2.05) is 0 Å². The van der Waals surface area contributed by atoms with Crippen LogP contribution in [0.15, 0.2) is 0 Å². The van der Waals surface area contributed by atoms with Crippen LogP contribution < -0.4 is 21.3 Å². The fourth-order valence-corrected chi connectivity index (χ4v) is 3.25. The van der Waals surface area contributed by atoms with Gasteiger partial charge in [0, 0.05) is 24.2 Å². The van der Waals surface area contributed by atoms with E-state index in [9.17, 15) is 0 Å². The van der Waals surface area contributed by atoms with Crippen LogP contribution in [0.2, 0.25) is 0 Å². The van der Waals surface area contributed by atoms with Gasteiger partial charge in [-0.1, -0.05) is 55.4 Å². The van der Waals surface area contributed by atoms with Crippen LogP contribution in [0.5, 0.6) is 0 Å². The minimum absolute atomic E-state index is 0.396. The highest BCUT2D eigenvalue weighted by atomic mass is 14.9. The Kier molecular flexibility index (Phi) is 13.9. The molecule has 0 spiro atoms. The third kappa shape index (κ3) is 14.7. The van der Waals surface area contributed by atoms with Crippen LogP contribution in [0, 0.1) is 5.41 Å². The zero-order chi connectivity index (χ0) is 19.3. The highest BCUT2D eigenvalue weighted by Gasteiger charge is 2.29. The first-order valence-electron chi connectivity index (χ1n) is 10.6. The summed E-state index contributed by atoms with van der Waals surface area (Å²) >= 11 is 0. The Morgan fingerprint density at radius 1 is 0.440 bits per heavy atom. The molecule has 0 bridgehead atoms. The minimum Gasteiger partial charge on any atom is -0.315 e. The van der Waals surface area contributed by atoms with Crippen molar-refractivity contribution < 1.29 is 0 Å². The van der Waals surface area contributed by atoms with Crippen molar-refractivity contribution in [2.45, 2.75) is 105 Å². The van der Waals surface area contributed by atoms with Gasteiger partial charge in [0.2, 0.25) is 0 Å². The van der Waals surface area contributed by atoms with E-state index in [-0.39, 0.29) is 0 Å². The largest absolute Gasteiger partial charge is 0.315 e.